The second-order valence-electron chi connectivity index (χ2n) is 3.63. The van der Waals surface area contributed by atoms with Gasteiger partial charge in [0.25, 0.3) is 0 Å². The van der Waals surface area contributed by atoms with Crippen molar-refractivity contribution in [2.24, 2.45) is 0 Å². The molecule has 7 heteroatoms. The summed E-state index contributed by atoms with van der Waals surface area (Å²) in [5.41, 5.74) is 1.18. The number of benzene rings is 1. The molecular formula is C12H14Cl2N2O3. The second kappa shape index (κ2) is 7.99. The van der Waals surface area contributed by atoms with Crippen molar-refractivity contribution >= 4 is 46.4 Å². The first-order valence-electron chi connectivity index (χ1n) is 5.55. The Morgan fingerprint density at radius 1 is 1.16 bits per heavy atom. The highest BCUT2D eigenvalue weighted by atomic mass is 35.5. The Balaban J connectivity index is 2.82. The number of nitrogens with one attached hydrogen (secondary N) is 1. The molecule has 0 bridgehead atoms. The number of rotatable bonds is 6. The minimum Gasteiger partial charge on any atom is -0.395 e. The number of aliphatic hydroxyl groups is 1. The van der Waals surface area contributed by atoms with E-state index in [9.17, 15) is 9.59 Å². The predicted octanol–water partition coefficient (Wildman–Crippen LogP) is 1.43. The molecule has 1 rings (SSSR count). The summed E-state index contributed by atoms with van der Waals surface area (Å²) in [6.07, 6.45) is 0. The van der Waals surface area contributed by atoms with Crippen molar-refractivity contribution in [3.05, 3.63) is 24.3 Å². The van der Waals surface area contributed by atoms with Crippen LogP contribution in [0.4, 0.5) is 11.4 Å². The molecule has 2 amide bonds. The van der Waals surface area contributed by atoms with Crippen molar-refractivity contribution in [2.75, 3.05) is 35.1 Å². The van der Waals surface area contributed by atoms with Gasteiger partial charge in [-0.15, -0.1) is 23.2 Å². The maximum Gasteiger partial charge on any atom is 0.241 e. The molecule has 0 aliphatic carbocycles. The van der Waals surface area contributed by atoms with Crippen LogP contribution in [0.15, 0.2) is 24.3 Å². The summed E-state index contributed by atoms with van der Waals surface area (Å²) in [5.74, 6) is -0.889. The summed E-state index contributed by atoms with van der Waals surface area (Å²) in [4.78, 5) is 24.1. The van der Waals surface area contributed by atoms with Crippen LogP contribution in [0.5, 0.6) is 0 Å². The van der Waals surface area contributed by atoms with E-state index in [4.69, 9.17) is 28.3 Å². The molecule has 0 saturated heterocycles. The largest absolute Gasteiger partial charge is 0.395 e. The Hall–Kier alpha value is -1.30. The van der Waals surface area contributed by atoms with Crippen LogP contribution >= 0.6 is 23.2 Å². The first-order chi connectivity index (χ1) is 9.12. The number of nitrogens with zero attached hydrogens (tertiary/aromatic N) is 1. The third-order valence-corrected chi connectivity index (χ3v) is 2.79. The van der Waals surface area contributed by atoms with Crippen LogP contribution in [0.1, 0.15) is 0 Å². The van der Waals surface area contributed by atoms with Crippen molar-refractivity contribution in [3.8, 4) is 0 Å². The van der Waals surface area contributed by atoms with Crippen LogP contribution in [-0.2, 0) is 9.59 Å². The molecule has 0 aromatic heterocycles. The van der Waals surface area contributed by atoms with Crippen LogP contribution in [0.2, 0.25) is 0 Å². The molecule has 1 aromatic carbocycles. The normalized spacial score (nSPS) is 10.1. The van der Waals surface area contributed by atoms with Crippen LogP contribution in [-0.4, -0.2) is 41.8 Å². The van der Waals surface area contributed by atoms with Gasteiger partial charge in [-0.2, -0.15) is 0 Å². The molecule has 0 aliphatic rings. The standard InChI is InChI=1S/C12H14Cl2N2O3/c13-7-11(18)15-9-1-3-10(4-2-9)16(5-6-17)12(19)8-14/h1-4,17H,5-8H2,(H,15,18). The Morgan fingerprint density at radius 3 is 2.26 bits per heavy atom. The van der Waals surface area contributed by atoms with Gasteiger partial charge >= 0.3 is 0 Å². The number of amides is 2. The minimum absolute atomic E-state index is 0.122. The van der Waals surface area contributed by atoms with Crippen molar-refractivity contribution in [2.45, 2.75) is 0 Å². The van der Waals surface area contributed by atoms with Crippen molar-refractivity contribution in [1.29, 1.82) is 0 Å². The number of alkyl halides is 2. The highest BCUT2D eigenvalue weighted by molar-refractivity contribution is 6.29. The van der Waals surface area contributed by atoms with Gasteiger partial charge in [0.2, 0.25) is 11.8 Å². The third kappa shape index (κ3) is 4.70. The lowest BCUT2D eigenvalue weighted by atomic mass is 10.2. The van der Waals surface area contributed by atoms with Crippen LogP contribution < -0.4 is 10.2 Å². The third-order valence-electron chi connectivity index (χ3n) is 2.32. The van der Waals surface area contributed by atoms with E-state index in [2.05, 4.69) is 5.32 Å². The number of carbonyl (C=O) groups is 2. The summed E-state index contributed by atoms with van der Waals surface area (Å²) in [6, 6.07) is 6.60. The molecule has 0 aliphatic heterocycles. The monoisotopic (exact) mass is 304 g/mol. The van der Waals surface area contributed by atoms with E-state index in [-0.39, 0.29) is 36.7 Å². The maximum absolute atomic E-state index is 11.6. The fourth-order valence-corrected chi connectivity index (χ4v) is 1.70. The second-order valence-corrected chi connectivity index (χ2v) is 4.17. The Morgan fingerprint density at radius 2 is 1.79 bits per heavy atom. The smallest absolute Gasteiger partial charge is 0.241 e. The molecule has 19 heavy (non-hydrogen) atoms. The van der Waals surface area contributed by atoms with E-state index >= 15 is 0 Å². The first kappa shape index (κ1) is 15.8. The number of aliphatic hydroxyl groups excluding tert-OH is 1. The lowest BCUT2D eigenvalue weighted by Gasteiger charge is -2.21. The van der Waals surface area contributed by atoms with Gasteiger partial charge in [0.05, 0.1) is 6.61 Å². The number of halogens is 2. The van der Waals surface area contributed by atoms with Gasteiger partial charge < -0.3 is 15.3 Å². The fourth-order valence-electron chi connectivity index (χ4n) is 1.49. The zero-order chi connectivity index (χ0) is 14.3. The topological polar surface area (TPSA) is 69.6 Å². The van der Waals surface area contributed by atoms with Crippen molar-refractivity contribution < 1.29 is 14.7 Å². The molecule has 0 heterocycles. The van der Waals surface area contributed by atoms with Crippen LogP contribution in [0.3, 0.4) is 0 Å². The van der Waals surface area contributed by atoms with Crippen LogP contribution in [0, 0.1) is 0 Å². The number of hydrogen-bond donors (Lipinski definition) is 2. The van der Waals surface area contributed by atoms with E-state index in [1.54, 1.807) is 24.3 Å². The van der Waals surface area contributed by atoms with E-state index in [0.717, 1.165) is 0 Å². The first-order valence-corrected chi connectivity index (χ1v) is 6.62. The highest BCUT2D eigenvalue weighted by Gasteiger charge is 2.13. The molecule has 0 saturated carbocycles. The van der Waals surface area contributed by atoms with Gasteiger partial charge in [0.15, 0.2) is 0 Å². The molecule has 2 N–H and O–H groups in total. The maximum atomic E-state index is 11.6. The van der Waals surface area contributed by atoms with Crippen molar-refractivity contribution in [1.82, 2.24) is 0 Å². The molecule has 5 nitrogen and oxygen atoms in total. The summed E-state index contributed by atoms with van der Waals surface area (Å²) in [5, 5.41) is 11.5. The fraction of sp³-hybridized carbons (Fsp3) is 0.333. The lowest BCUT2D eigenvalue weighted by Crippen LogP contribution is -2.34. The average Bonchev–Trinajstić information content (AvgIpc) is 2.45. The van der Waals surface area contributed by atoms with E-state index in [1.165, 1.54) is 4.90 Å². The minimum atomic E-state index is -0.307. The van der Waals surface area contributed by atoms with Gasteiger partial charge in [-0.3, -0.25) is 9.59 Å². The Kier molecular flexibility index (Phi) is 6.62. The molecule has 0 atom stereocenters. The summed E-state index contributed by atoms with van der Waals surface area (Å²) < 4.78 is 0. The van der Waals surface area contributed by atoms with E-state index in [1.807, 2.05) is 0 Å². The summed E-state index contributed by atoms with van der Waals surface area (Å²) in [6.45, 7) is 0.00625. The van der Waals surface area contributed by atoms with Gasteiger partial charge in [-0.1, -0.05) is 0 Å². The predicted molar refractivity (Wildman–Crippen MR) is 76.0 cm³/mol. The molecule has 104 valence electrons. The summed E-state index contributed by atoms with van der Waals surface area (Å²) >= 11 is 10.9. The molecule has 1 aromatic rings. The van der Waals surface area contributed by atoms with Crippen molar-refractivity contribution in [3.63, 3.8) is 0 Å². The highest BCUT2D eigenvalue weighted by Crippen LogP contribution is 2.18. The van der Waals surface area contributed by atoms with Gasteiger partial charge in [0, 0.05) is 17.9 Å². The zero-order valence-corrected chi connectivity index (χ0v) is 11.6. The summed E-state index contributed by atoms with van der Waals surface area (Å²) in [7, 11) is 0. The zero-order valence-electron chi connectivity index (χ0n) is 10.1. The SMILES string of the molecule is O=C(CCl)Nc1ccc(N(CCO)C(=O)CCl)cc1. The lowest BCUT2D eigenvalue weighted by molar-refractivity contribution is -0.116. The molecule has 0 spiro atoms. The average molecular weight is 305 g/mol. The molecule has 0 unspecified atom stereocenters. The molecular weight excluding hydrogens is 291 g/mol. The van der Waals surface area contributed by atoms with Gasteiger partial charge in [0.1, 0.15) is 11.8 Å². The number of anilines is 2. The van der Waals surface area contributed by atoms with Gasteiger partial charge in [-0.05, 0) is 24.3 Å². The molecule has 0 fully saturated rings. The number of carbonyl (C=O) groups excluding carboxylic acids is 2. The van der Waals surface area contributed by atoms with E-state index in [0.29, 0.717) is 11.4 Å². The van der Waals surface area contributed by atoms with Crippen LogP contribution in [0.25, 0.3) is 0 Å². The Labute approximate surface area is 121 Å². The molecule has 0 radical (unpaired) electrons. The number of hydrogen-bond acceptors (Lipinski definition) is 3. The quantitative estimate of drug-likeness (QED) is 0.781. The Bertz CT molecular complexity index is 437. The van der Waals surface area contributed by atoms with Gasteiger partial charge in [-0.25, -0.2) is 0 Å². The van der Waals surface area contributed by atoms with E-state index < -0.39 is 0 Å².